The van der Waals surface area contributed by atoms with Gasteiger partial charge in [0.1, 0.15) is 5.75 Å². The van der Waals surface area contributed by atoms with Crippen molar-refractivity contribution in [3.63, 3.8) is 0 Å². The second-order valence-electron chi connectivity index (χ2n) is 5.98. The van der Waals surface area contributed by atoms with Crippen molar-refractivity contribution >= 4 is 35.8 Å². The Bertz CT molecular complexity index is 560. The number of amides is 1. The molecule has 1 N–H and O–H groups in total. The fourth-order valence-corrected chi connectivity index (χ4v) is 2.67. The normalized spacial score (nSPS) is 10.8. The lowest BCUT2D eigenvalue weighted by atomic mass is 10.2. The lowest BCUT2D eigenvalue weighted by molar-refractivity contribution is -0.130. The van der Waals surface area contributed by atoms with Crippen LogP contribution in [-0.2, 0) is 11.3 Å². The maximum absolute atomic E-state index is 12.1. The summed E-state index contributed by atoms with van der Waals surface area (Å²) in [5, 5.41) is 3.29. The van der Waals surface area contributed by atoms with Crippen LogP contribution in [0.4, 0.5) is 0 Å². The van der Waals surface area contributed by atoms with Crippen LogP contribution >= 0.6 is 24.0 Å². The minimum absolute atomic E-state index is 0. The number of carbonyl (C=O) groups is 1. The lowest BCUT2D eigenvalue weighted by Gasteiger charge is -2.22. The van der Waals surface area contributed by atoms with Crippen molar-refractivity contribution in [2.75, 3.05) is 39.8 Å². The highest BCUT2D eigenvalue weighted by Gasteiger charge is 2.10. The van der Waals surface area contributed by atoms with E-state index in [0.717, 1.165) is 37.9 Å². The van der Waals surface area contributed by atoms with Gasteiger partial charge in [-0.05, 0) is 45.4 Å². The molecule has 27 heavy (non-hydrogen) atoms. The SMILES string of the molecule is CCNC(=NCCC(=O)N(CC)CC)N(C)Cc1ccc(OCC)cc1.I. The number of guanidine groups is 1. The summed E-state index contributed by atoms with van der Waals surface area (Å²) >= 11 is 0. The molecule has 0 aliphatic rings. The van der Waals surface area contributed by atoms with Gasteiger partial charge in [0, 0.05) is 39.6 Å². The highest BCUT2D eigenvalue weighted by atomic mass is 127. The molecule has 0 heterocycles. The number of aliphatic imine (C=N–C) groups is 1. The molecule has 1 aromatic carbocycles. The van der Waals surface area contributed by atoms with Gasteiger partial charge in [0.05, 0.1) is 13.2 Å². The van der Waals surface area contributed by atoms with Crippen molar-refractivity contribution in [3.05, 3.63) is 29.8 Å². The van der Waals surface area contributed by atoms with E-state index in [1.165, 1.54) is 5.56 Å². The standard InChI is InChI=1S/C20H34N4O2.HI/c1-6-21-20(22-15-14-19(25)24(7-2)8-3)23(5)16-17-10-12-18(13-11-17)26-9-4;/h10-13H,6-9,14-16H2,1-5H3,(H,21,22);1H. The number of nitrogens with zero attached hydrogens (tertiary/aromatic N) is 3. The molecule has 7 heteroatoms. The van der Waals surface area contributed by atoms with Crippen LogP contribution in [0, 0.1) is 0 Å². The molecule has 0 fully saturated rings. The third-order valence-electron chi connectivity index (χ3n) is 4.05. The summed E-state index contributed by atoms with van der Waals surface area (Å²) in [6, 6.07) is 8.10. The molecule has 1 amide bonds. The Kier molecular flexibility index (Phi) is 13.7. The predicted molar refractivity (Wildman–Crippen MR) is 123 cm³/mol. The highest BCUT2D eigenvalue weighted by Crippen LogP contribution is 2.13. The van der Waals surface area contributed by atoms with Gasteiger partial charge in [0.2, 0.25) is 5.91 Å². The number of nitrogens with one attached hydrogen (secondary N) is 1. The molecule has 1 rings (SSSR count). The lowest BCUT2D eigenvalue weighted by Crippen LogP contribution is -2.39. The van der Waals surface area contributed by atoms with E-state index < -0.39 is 0 Å². The third kappa shape index (κ3) is 9.30. The zero-order valence-corrected chi connectivity index (χ0v) is 19.7. The van der Waals surface area contributed by atoms with Crippen molar-refractivity contribution in [1.29, 1.82) is 0 Å². The van der Waals surface area contributed by atoms with Crippen molar-refractivity contribution in [2.24, 2.45) is 4.99 Å². The zero-order valence-electron chi connectivity index (χ0n) is 17.3. The van der Waals surface area contributed by atoms with Gasteiger partial charge in [-0.3, -0.25) is 9.79 Å². The molecule has 6 nitrogen and oxygen atoms in total. The second kappa shape index (κ2) is 14.5. The quantitative estimate of drug-likeness (QED) is 0.311. The minimum Gasteiger partial charge on any atom is -0.494 e. The molecule has 0 unspecified atom stereocenters. The van der Waals surface area contributed by atoms with Crippen LogP contribution in [0.5, 0.6) is 5.75 Å². The number of hydrogen-bond donors (Lipinski definition) is 1. The molecule has 0 aliphatic heterocycles. The summed E-state index contributed by atoms with van der Waals surface area (Å²) < 4.78 is 5.48. The van der Waals surface area contributed by atoms with Gasteiger partial charge < -0.3 is 19.9 Å². The molecule has 1 aromatic rings. The Labute approximate surface area is 181 Å². The van der Waals surface area contributed by atoms with E-state index in [1.54, 1.807) is 0 Å². The van der Waals surface area contributed by atoms with Gasteiger partial charge in [-0.25, -0.2) is 0 Å². The van der Waals surface area contributed by atoms with Gasteiger partial charge in [0.25, 0.3) is 0 Å². The molecule has 0 saturated carbocycles. The van der Waals surface area contributed by atoms with Crippen LogP contribution in [0.15, 0.2) is 29.3 Å². The molecule has 0 radical (unpaired) electrons. The summed E-state index contributed by atoms with van der Waals surface area (Å²) in [5.41, 5.74) is 1.18. The smallest absolute Gasteiger partial charge is 0.224 e. The van der Waals surface area contributed by atoms with E-state index in [0.29, 0.717) is 19.6 Å². The van der Waals surface area contributed by atoms with E-state index >= 15 is 0 Å². The summed E-state index contributed by atoms with van der Waals surface area (Å²) in [6.07, 6.45) is 0.438. The number of benzene rings is 1. The molecular weight excluding hydrogens is 455 g/mol. The average Bonchev–Trinajstić information content (AvgIpc) is 2.64. The van der Waals surface area contributed by atoms with Crippen LogP contribution in [0.25, 0.3) is 0 Å². The van der Waals surface area contributed by atoms with Crippen LogP contribution in [-0.4, -0.2) is 61.5 Å². The van der Waals surface area contributed by atoms with Crippen LogP contribution in [0.1, 0.15) is 39.7 Å². The van der Waals surface area contributed by atoms with Crippen LogP contribution in [0.2, 0.25) is 0 Å². The molecule has 0 bridgehead atoms. The van der Waals surface area contributed by atoms with Gasteiger partial charge in [0.15, 0.2) is 5.96 Å². The fourth-order valence-electron chi connectivity index (χ4n) is 2.67. The van der Waals surface area contributed by atoms with Crippen molar-refractivity contribution in [1.82, 2.24) is 15.1 Å². The largest absolute Gasteiger partial charge is 0.494 e. The number of carbonyl (C=O) groups excluding carboxylic acids is 1. The van der Waals surface area contributed by atoms with Crippen molar-refractivity contribution in [3.8, 4) is 5.75 Å². The fraction of sp³-hybridized carbons (Fsp3) is 0.600. The minimum atomic E-state index is 0. The molecule has 0 aromatic heterocycles. The number of rotatable bonds is 10. The van der Waals surface area contributed by atoms with Gasteiger partial charge in [-0.2, -0.15) is 0 Å². The van der Waals surface area contributed by atoms with E-state index in [9.17, 15) is 4.79 Å². The average molecular weight is 490 g/mol. The Balaban J connectivity index is 0.00000676. The Morgan fingerprint density at radius 2 is 1.74 bits per heavy atom. The van der Waals surface area contributed by atoms with E-state index in [-0.39, 0.29) is 29.9 Å². The number of hydrogen-bond acceptors (Lipinski definition) is 3. The first-order valence-electron chi connectivity index (χ1n) is 9.54. The van der Waals surface area contributed by atoms with E-state index in [1.807, 2.05) is 51.8 Å². The Morgan fingerprint density at radius 3 is 2.26 bits per heavy atom. The Morgan fingerprint density at radius 1 is 1.11 bits per heavy atom. The first-order chi connectivity index (χ1) is 12.5. The van der Waals surface area contributed by atoms with Gasteiger partial charge in [-0.1, -0.05) is 12.1 Å². The van der Waals surface area contributed by atoms with Gasteiger partial charge in [-0.15, -0.1) is 24.0 Å². The van der Waals surface area contributed by atoms with E-state index in [4.69, 9.17) is 4.74 Å². The van der Waals surface area contributed by atoms with Gasteiger partial charge >= 0.3 is 0 Å². The first-order valence-corrected chi connectivity index (χ1v) is 9.54. The monoisotopic (exact) mass is 490 g/mol. The molecule has 0 saturated heterocycles. The number of halogens is 1. The second-order valence-corrected chi connectivity index (χ2v) is 5.98. The first kappa shape index (κ1) is 25.5. The maximum Gasteiger partial charge on any atom is 0.224 e. The predicted octanol–water partition coefficient (Wildman–Crippen LogP) is 3.36. The molecular formula is C20H35IN4O2. The third-order valence-corrected chi connectivity index (χ3v) is 4.05. The summed E-state index contributed by atoms with van der Waals surface area (Å²) in [6.45, 7) is 12.2. The molecule has 0 spiro atoms. The summed E-state index contributed by atoms with van der Waals surface area (Å²) in [5.74, 6) is 1.85. The summed E-state index contributed by atoms with van der Waals surface area (Å²) in [7, 11) is 2.00. The van der Waals surface area contributed by atoms with Crippen molar-refractivity contribution < 1.29 is 9.53 Å². The molecule has 0 atom stereocenters. The van der Waals surface area contributed by atoms with Crippen LogP contribution in [0.3, 0.4) is 0 Å². The van der Waals surface area contributed by atoms with Crippen LogP contribution < -0.4 is 10.1 Å². The highest BCUT2D eigenvalue weighted by molar-refractivity contribution is 14.0. The zero-order chi connectivity index (χ0) is 19.4. The molecule has 0 aliphatic carbocycles. The maximum atomic E-state index is 12.1. The topological polar surface area (TPSA) is 57.2 Å². The summed E-state index contributed by atoms with van der Waals surface area (Å²) in [4.78, 5) is 20.6. The number of ether oxygens (including phenoxy) is 1. The van der Waals surface area contributed by atoms with E-state index in [2.05, 4.69) is 27.3 Å². The van der Waals surface area contributed by atoms with Crippen molar-refractivity contribution in [2.45, 2.75) is 40.7 Å². The molecule has 154 valence electrons. The Hall–Kier alpha value is -1.51.